The van der Waals surface area contributed by atoms with Crippen molar-refractivity contribution in [3.05, 3.63) is 27.6 Å². The SMILES string of the molecule is CCC1(CNS(=O)(=O)c2c[nH]c(=O)c(Cl)c2)CCCC1. The summed E-state index contributed by atoms with van der Waals surface area (Å²) in [6.07, 6.45) is 6.54. The number of aromatic amines is 1. The second kappa shape index (κ2) is 5.87. The van der Waals surface area contributed by atoms with Crippen LogP contribution in [-0.2, 0) is 10.0 Å². The first kappa shape index (κ1) is 15.5. The van der Waals surface area contributed by atoms with Crippen molar-refractivity contribution < 1.29 is 8.42 Å². The van der Waals surface area contributed by atoms with Gasteiger partial charge < -0.3 is 4.98 Å². The zero-order chi connectivity index (χ0) is 14.8. The normalized spacial score (nSPS) is 18.3. The largest absolute Gasteiger partial charge is 0.326 e. The smallest absolute Gasteiger partial charge is 0.266 e. The number of hydrogen-bond acceptors (Lipinski definition) is 3. The van der Waals surface area contributed by atoms with E-state index in [1.54, 1.807) is 0 Å². The number of rotatable bonds is 5. The first-order valence-corrected chi connectivity index (χ1v) is 8.63. The van der Waals surface area contributed by atoms with E-state index in [2.05, 4.69) is 16.6 Å². The van der Waals surface area contributed by atoms with Crippen LogP contribution in [0.4, 0.5) is 0 Å². The third-order valence-corrected chi connectivity index (χ3v) is 5.85. The molecule has 1 aliphatic rings. The molecule has 0 saturated heterocycles. The van der Waals surface area contributed by atoms with Crippen molar-refractivity contribution in [3.63, 3.8) is 0 Å². The fraction of sp³-hybridized carbons (Fsp3) is 0.615. The maximum absolute atomic E-state index is 12.2. The van der Waals surface area contributed by atoms with E-state index in [0.717, 1.165) is 32.1 Å². The van der Waals surface area contributed by atoms with Gasteiger partial charge in [0.05, 0.1) is 4.90 Å². The Morgan fingerprint density at radius 2 is 2.05 bits per heavy atom. The molecule has 2 N–H and O–H groups in total. The summed E-state index contributed by atoms with van der Waals surface area (Å²) < 4.78 is 27.1. The van der Waals surface area contributed by atoms with Gasteiger partial charge in [0.25, 0.3) is 5.56 Å². The van der Waals surface area contributed by atoms with E-state index < -0.39 is 15.6 Å². The second-order valence-electron chi connectivity index (χ2n) is 5.40. The van der Waals surface area contributed by atoms with Crippen LogP contribution in [-0.4, -0.2) is 19.9 Å². The van der Waals surface area contributed by atoms with Crippen LogP contribution in [0.5, 0.6) is 0 Å². The number of nitrogens with one attached hydrogen (secondary N) is 2. The molecule has 20 heavy (non-hydrogen) atoms. The van der Waals surface area contributed by atoms with Crippen LogP contribution in [0.2, 0.25) is 5.02 Å². The summed E-state index contributed by atoms with van der Waals surface area (Å²) >= 11 is 5.67. The van der Waals surface area contributed by atoms with E-state index in [4.69, 9.17) is 11.6 Å². The molecule has 1 aromatic heterocycles. The lowest BCUT2D eigenvalue weighted by Crippen LogP contribution is -2.35. The minimum atomic E-state index is -3.64. The molecule has 2 rings (SSSR count). The van der Waals surface area contributed by atoms with Gasteiger partial charge >= 0.3 is 0 Å². The third kappa shape index (κ3) is 3.24. The summed E-state index contributed by atoms with van der Waals surface area (Å²) in [6.45, 7) is 2.53. The highest BCUT2D eigenvalue weighted by Crippen LogP contribution is 2.40. The van der Waals surface area contributed by atoms with Crippen molar-refractivity contribution in [2.45, 2.75) is 43.9 Å². The van der Waals surface area contributed by atoms with Gasteiger partial charge in [-0.15, -0.1) is 0 Å². The molecule has 7 heteroatoms. The van der Waals surface area contributed by atoms with Gasteiger partial charge in [0.1, 0.15) is 5.02 Å². The number of H-pyrrole nitrogens is 1. The summed E-state index contributed by atoms with van der Waals surface area (Å²) in [7, 11) is -3.64. The standard InChI is InChI=1S/C13H19ClN2O3S/c1-2-13(5-3-4-6-13)9-16-20(18,19)10-7-11(14)12(17)15-8-10/h7-8,16H,2-6,9H2,1H3,(H,15,17). The van der Waals surface area contributed by atoms with Crippen molar-refractivity contribution in [1.29, 1.82) is 0 Å². The highest BCUT2D eigenvalue weighted by molar-refractivity contribution is 7.89. The summed E-state index contributed by atoms with van der Waals surface area (Å²) in [5, 5.41) is -0.126. The molecule has 1 aromatic rings. The fourth-order valence-electron chi connectivity index (χ4n) is 2.70. The summed E-state index contributed by atoms with van der Waals surface area (Å²) in [5.74, 6) is 0. The number of hydrogen-bond donors (Lipinski definition) is 2. The Morgan fingerprint density at radius 1 is 1.40 bits per heavy atom. The molecule has 0 amide bonds. The van der Waals surface area contributed by atoms with Crippen molar-refractivity contribution >= 4 is 21.6 Å². The number of pyridine rings is 1. The maximum atomic E-state index is 12.2. The van der Waals surface area contributed by atoms with Crippen LogP contribution in [0.15, 0.2) is 22.0 Å². The molecule has 1 aliphatic carbocycles. The summed E-state index contributed by atoms with van der Waals surface area (Å²) in [6, 6.07) is 1.18. The molecular weight excluding hydrogens is 300 g/mol. The lowest BCUT2D eigenvalue weighted by atomic mass is 9.84. The zero-order valence-corrected chi connectivity index (χ0v) is 13.0. The molecule has 0 atom stereocenters. The molecule has 0 radical (unpaired) electrons. The molecular formula is C13H19ClN2O3S. The van der Waals surface area contributed by atoms with Crippen molar-refractivity contribution in [2.24, 2.45) is 5.41 Å². The summed E-state index contributed by atoms with van der Waals surface area (Å²) in [5.41, 5.74) is -0.426. The second-order valence-corrected chi connectivity index (χ2v) is 7.57. The molecule has 0 aromatic carbocycles. The van der Waals surface area contributed by atoms with Gasteiger partial charge in [-0.3, -0.25) is 4.79 Å². The highest BCUT2D eigenvalue weighted by atomic mass is 35.5. The van der Waals surface area contributed by atoms with Crippen LogP contribution in [0.25, 0.3) is 0 Å². The predicted octanol–water partition coefficient (Wildman–Crippen LogP) is 2.28. The molecule has 5 nitrogen and oxygen atoms in total. The van der Waals surface area contributed by atoms with Crippen molar-refractivity contribution in [1.82, 2.24) is 9.71 Å². The minimum absolute atomic E-state index is 0.00801. The number of halogens is 1. The Labute approximate surface area is 123 Å². The molecule has 0 spiro atoms. The van der Waals surface area contributed by atoms with Gasteiger partial charge in [0, 0.05) is 12.7 Å². The van der Waals surface area contributed by atoms with Gasteiger partial charge in [0.2, 0.25) is 10.0 Å². The number of aromatic nitrogens is 1. The van der Waals surface area contributed by atoms with E-state index in [-0.39, 0.29) is 15.3 Å². The maximum Gasteiger partial charge on any atom is 0.266 e. The van der Waals surface area contributed by atoms with Crippen molar-refractivity contribution in [3.8, 4) is 0 Å². The van der Waals surface area contributed by atoms with E-state index in [1.165, 1.54) is 12.3 Å². The van der Waals surface area contributed by atoms with E-state index in [0.29, 0.717) is 6.54 Å². The Hall–Kier alpha value is -0.850. The Bertz CT molecular complexity index is 633. The fourth-order valence-corrected chi connectivity index (χ4v) is 4.09. The van der Waals surface area contributed by atoms with Gasteiger partial charge in [-0.2, -0.15) is 0 Å². The number of sulfonamides is 1. The predicted molar refractivity (Wildman–Crippen MR) is 78.5 cm³/mol. The molecule has 1 saturated carbocycles. The van der Waals surface area contributed by atoms with E-state index >= 15 is 0 Å². The summed E-state index contributed by atoms with van der Waals surface area (Å²) in [4.78, 5) is 13.5. The molecule has 1 fully saturated rings. The topological polar surface area (TPSA) is 79.0 Å². The van der Waals surface area contributed by atoms with Crippen molar-refractivity contribution in [2.75, 3.05) is 6.54 Å². The minimum Gasteiger partial charge on any atom is -0.326 e. The van der Waals surface area contributed by atoms with E-state index in [9.17, 15) is 13.2 Å². The van der Waals surface area contributed by atoms with Gasteiger partial charge in [-0.25, -0.2) is 13.1 Å². The van der Waals surface area contributed by atoms with Gasteiger partial charge in [0.15, 0.2) is 0 Å². The lowest BCUT2D eigenvalue weighted by molar-refractivity contribution is 0.285. The molecule has 112 valence electrons. The zero-order valence-electron chi connectivity index (χ0n) is 11.4. The average Bonchev–Trinajstić information content (AvgIpc) is 2.89. The highest BCUT2D eigenvalue weighted by Gasteiger charge is 2.33. The Morgan fingerprint density at radius 3 is 2.60 bits per heavy atom. The van der Waals surface area contributed by atoms with Crippen LogP contribution >= 0.6 is 11.6 Å². The monoisotopic (exact) mass is 318 g/mol. The van der Waals surface area contributed by atoms with E-state index in [1.807, 2.05) is 0 Å². The first-order valence-electron chi connectivity index (χ1n) is 6.76. The van der Waals surface area contributed by atoms with Gasteiger partial charge in [-0.05, 0) is 30.7 Å². The van der Waals surface area contributed by atoms with Crippen LogP contribution < -0.4 is 10.3 Å². The Balaban J connectivity index is 2.15. The quantitative estimate of drug-likeness (QED) is 0.874. The molecule has 0 aliphatic heterocycles. The Kier molecular flexibility index (Phi) is 4.56. The average molecular weight is 319 g/mol. The first-order chi connectivity index (χ1) is 9.38. The molecule has 0 unspecified atom stereocenters. The van der Waals surface area contributed by atoms with Crippen LogP contribution in [0, 0.1) is 5.41 Å². The third-order valence-electron chi connectivity index (χ3n) is 4.19. The lowest BCUT2D eigenvalue weighted by Gasteiger charge is -2.27. The molecule has 0 bridgehead atoms. The molecule has 1 heterocycles. The van der Waals surface area contributed by atoms with Crippen LogP contribution in [0.1, 0.15) is 39.0 Å². The van der Waals surface area contributed by atoms with Crippen LogP contribution in [0.3, 0.4) is 0 Å². The van der Waals surface area contributed by atoms with Gasteiger partial charge in [-0.1, -0.05) is 31.4 Å².